The molecule has 7 aromatic heterocycles. The number of imidazole rings is 2. The highest BCUT2D eigenvalue weighted by atomic mass is 15.1. The van der Waals surface area contributed by atoms with Crippen LogP contribution >= 0.6 is 0 Å². The van der Waals surface area contributed by atoms with Crippen molar-refractivity contribution in [2.45, 2.75) is 13.5 Å². The SMILES string of the molecule is CCn1c(-c2nc(-c3ncccn3)n3ccccc23)ccc1-c1nc(-c2ncccn2)n2ccccc12. The molecule has 0 saturated heterocycles. The standard InChI is InChI=1S/C28H21N9/c1-2-35-21(23-19-9-3-5-17-36(19)27(33-23)25-29-13-7-14-30-25)11-12-22(35)24-20-10-4-6-18-37(20)28(34-24)26-31-15-8-16-32-26/h3-18H,2H2,1H3. The molecule has 0 atom stereocenters. The fourth-order valence-electron chi connectivity index (χ4n) is 4.82. The molecule has 7 aromatic rings. The summed E-state index contributed by atoms with van der Waals surface area (Å²) in [6.07, 6.45) is 10.9. The van der Waals surface area contributed by atoms with Crippen LogP contribution in [-0.4, -0.2) is 43.3 Å². The molecule has 9 nitrogen and oxygen atoms in total. The van der Waals surface area contributed by atoms with Gasteiger partial charge < -0.3 is 4.57 Å². The van der Waals surface area contributed by atoms with Crippen LogP contribution in [0.1, 0.15) is 6.92 Å². The third-order valence-electron chi connectivity index (χ3n) is 6.41. The van der Waals surface area contributed by atoms with E-state index in [1.165, 1.54) is 0 Å². The monoisotopic (exact) mass is 483 g/mol. The minimum atomic E-state index is 0.581. The fraction of sp³-hybridized carbons (Fsp3) is 0.0714. The van der Waals surface area contributed by atoms with Gasteiger partial charge in [0, 0.05) is 43.7 Å². The van der Waals surface area contributed by atoms with Gasteiger partial charge in [0.2, 0.25) is 0 Å². The maximum atomic E-state index is 5.03. The predicted molar refractivity (Wildman–Crippen MR) is 141 cm³/mol. The summed E-state index contributed by atoms with van der Waals surface area (Å²) in [5, 5.41) is 0. The van der Waals surface area contributed by atoms with E-state index in [1.54, 1.807) is 36.9 Å². The maximum Gasteiger partial charge on any atom is 0.196 e. The minimum Gasteiger partial charge on any atom is -0.338 e. The highest BCUT2D eigenvalue weighted by Crippen LogP contribution is 2.35. The van der Waals surface area contributed by atoms with E-state index in [0.717, 1.165) is 40.4 Å². The van der Waals surface area contributed by atoms with Crippen molar-refractivity contribution >= 4 is 11.0 Å². The summed E-state index contributed by atoms with van der Waals surface area (Å²) >= 11 is 0. The molecule has 7 heterocycles. The van der Waals surface area contributed by atoms with Gasteiger partial charge in [-0.15, -0.1) is 0 Å². The average molecular weight is 484 g/mol. The van der Waals surface area contributed by atoms with Crippen molar-refractivity contribution in [2.75, 3.05) is 0 Å². The minimum absolute atomic E-state index is 0.581. The molecule has 0 aliphatic carbocycles. The number of hydrogen-bond donors (Lipinski definition) is 0. The Morgan fingerprint density at radius 2 is 1.03 bits per heavy atom. The first kappa shape index (κ1) is 21.1. The van der Waals surface area contributed by atoms with Crippen LogP contribution in [0.25, 0.3) is 57.1 Å². The van der Waals surface area contributed by atoms with Crippen LogP contribution in [-0.2, 0) is 6.54 Å². The van der Waals surface area contributed by atoms with E-state index >= 15 is 0 Å². The van der Waals surface area contributed by atoms with Crippen LogP contribution in [0.3, 0.4) is 0 Å². The lowest BCUT2D eigenvalue weighted by Gasteiger charge is -2.09. The van der Waals surface area contributed by atoms with Gasteiger partial charge in [-0.2, -0.15) is 0 Å². The Hall–Kier alpha value is -5.18. The first-order valence-electron chi connectivity index (χ1n) is 12.0. The van der Waals surface area contributed by atoms with Crippen LogP contribution < -0.4 is 0 Å². The molecule has 0 aliphatic rings. The van der Waals surface area contributed by atoms with Gasteiger partial charge in [-0.25, -0.2) is 29.9 Å². The first-order valence-corrected chi connectivity index (χ1v) is 12.0. The molecule has 0 radical (unpaired) electrons. The number of pyridine rings is 2. The Bertz CT molecular complexity index is 1730. The van der Waals surface area contributed by atoms with Crippen LogP contribution in [0.2, 0.25) is 0 Å². The number of nitrogens with zero attached hydrogens (tertiary/aromatic N) is 9. The molecule has 37 heavy (non-hydrogen) atoms. The number of rotatable bonds is 5. The topological polar surface area (TPSA) is 91.1 Å². The molecule has 7 rings (SSSR count). The number of fused-ring (bicyclic) bond motifs is 2. The van der Waals surface area contributed by atoms with Gasteiger partial charge in [0.25, 0.3) is 0 Å². The smallest absolute Gasteiger partial charge is 0.196 e. The second kappa shape index (κ2) is 8.49. The summed E-state index contributed by atoms with van der Waals surface area (Å²) in [7, 11) is 0. The van der Waals surface area contributed by atoms with E-state index in [0.29, 0.717) is 23.3 Å². The molecule has 0 aliphatic heterocycles. The quantitative estimate of drug-likeness (QED) is 0.340. The summed E-state index contributed by atoms with van der Waals surface area (Å²) < 4.78 is 6.32. The summed E-state index contributed by atoms with van der Waals surface area (Å²) in [5.74, 6) is 2.56. The zero-order chi connectivity index (χ0) is 24.8. The molecule has 0 amide bonds. The van der Waals surface area contributed by atoms with Crippen molar-refractivity contribution in [1.29, 1.82) is 0 Å². The summed E-state index contributed by atoms with van der Waals surface area (Å²) in [5.41, 5.74) is 5.70. The van der Waals surface area contributed by atoms with Crippen LogP contribution in [0.4, 0.5) is 0 Å². The lowest BCUT2D eigenvalue weighted by atomic mass is 10.2. The molecule has 9 heteroatoms. The summed E-state index contributed by atoms with van der Waals surface area (Å²) in [4.78, 5) is 27.8. The van der Waals surface area contributed by atoms with Crippen molar-refractivity contribution in [2.24, 2.45) is 0 Å². The second-order valence-electron chi connectivity index (χ2n) is 8.47. The van der Waals surface area contributed by atoms with Gasteiger partial charge in [0.05, 0.1) is 22.4 Å². The van der Waals surface area contributed by atoms with Crippen molar-refractivity contribution in [1.82, 2.24) is 43.3 Å². The molecule has 0 spiro atoms. The molecule has 0 N–H and O–H groups in total. The van der Waals surface area contributed by atoms with E-state index in [-0.39, 0.29) is 0 Å². The highest BCUT2D eigenvalue weighted by molar-refractivity contribution is 5.84. The lowest BCUT2D eigenvalue weighted by molar-refractivity contribution is 0.782. The molecule has 0 fully saturated rings. The van der Waals surface area contributed by atoms with Gasteiger partial charge in [0.15, 0.2) is 23.3 Å². The third kappa shape index (κ3) is 3.32. The van der Waals surface area contributed by atoms with Crippen molar-refractivity contribution in [3.05, 3.63) is 97.8 Å². The summed E-state index contributed by atoms with van der Waals surface area (Å²) in [6, 6.07) is 20.0. The largest absolute Gasteiger partial charge is 0.338 e. The molecule has 0 saturated carbocycles. The van der Waals surface area contributed by atoms with E-state index in [2.05, 4.69) is 55.7 Å². The van der Waals surface area contributed by atoms with Gasteiger partial charge >= 0.3 is 0 Å². The third-order valence-corrected chi connectivity index (χ3v) is 6.41. The zero-order valence-corrected chi connectivity index (χ0v) is 20.0. The number of hydrogen-bond acceptors (Lipinski definition) is 6. The Labute approximate surface area is 211 Å². The Morgan fingerprint density at radius 3 is 1.46 bits per heavy atom. The van der Waals surface area contributed by atoms with Gasteiger partial charge in [0.1, 0.15) is 11.4 Å². The van der Waals surface area contributed by atoms with Crippen LogP contribution in [0, 0.1) is 0 Å². The predicted octanol–water partition coefficient (Wildman–Crippen LogP) is 5.05. The average Bonchev–Trinajstić information content (AvgIpc) is 3.67. The Morgan fingerprint density at radius 1 is 0.568 bits per heavy atom. The fourth-order valence-corrected chi connectivity index (χ4v) is 4.82. The normalized spacial score (nSPS) is 11.5. The van der Waals surface area contributed by atoms with E-state index in [1.807, 2.05) is 45.5 Å². The molecule has 178 valence electrons. The van der Waals surface area contributed by atoms with Crippen molar-refractivity contribution in [3.8, 4) is 46.1 Å². The van der Waals surface area contributed by atoms with Crippen molar-refractivity contribution in [3.63, 3.8) is 0 Å². The van der Waals surface area contributed by atoms with E-state index < -0.39 is 0 Å². The molecule has 0 bridgehead atoms. The molecular weight excluding hydrogens is 462 g/mol. The van der Waals surface area contributed by atoms with E-state index in [4.69, 9.17) is 9.97 Å². The Balaban J connectivity index is 1.44. The number of aromatic nitrogens is 9. The van der Waals surface area contributed by atoms with Gasteiger partial charge in [-0.1, -0.05) is 12.1 Å². The van der Waals surface area contributed by atoms with Crippen LogP contribution in [0.15, 0.2) is 97.8 Å². The van der Waals surface area contributed by atoms with Gasteiger partial charge in [-0.3, -0.25) is 8.80 Å². The Kier molecular flexibility index (Phi) is 4.85. The molecule has 0 unspecified atom stereocenters. The summed E-state index contributed by atoms with van der Waals surface area (Å²) in [6.45, 7) is 2.87. The van der Waals surface area contributed by atoms with E-state index in [9.17, 15) is 0 Å². The zero-order valence-electron chi connectivity index (χ0n) is 20.0. The highest BCUT2D eigenvalue weighted by Gasteiger charge is 2.23. The molecule has 0 aromatic carbocycles. The molecular formula is C28H21N9. The van der Waals surface area contributed by atoms with Gasteiger partial charge in [-0.05, 0) is 55.5 Å². The maximum absolute atomic E-state index is 5.03. The van der Waals surface area contributed by atoms with Crippen molar-refractivity contribution < 1.29 is 0 Å². The first-order chi connectivity index (χ1) is 18.3. The lowest BCUT2D eigenvalue weighted by Crippen LogP contribution is -2.00. The second-order valence-corrected chi connectivity index (χ2v) is 8.47. The van der Waals surface area contributed by atoms with Crippen LogP contribution in [0.5, 0.6) is 0 Å².